The molecule has 2 aromatic heterocycles. The summed E-state index contributed by atoms with van der Waals surface area (Å²) in [6.45, 7) is 4.49. The molecule has 1 aliphatic heterocycles. The fourth-order valence-corrected chi connectivity index (χ4v) is 2.76. The van der Waals surface area contributed by atoms with Crippen LogP contribution in [0.4, 0.5) is 5.82 Å². The molecule has 0 bridgehead atoms. The topological polar surface area (TPSA) is 64.2 Å². The first kappa shape index (κ1) is 13.4. The first-order valence-corrected chi connectivity index (χ1v) is 6.98. The van der Waals surface area contributed by atoms with E-state index in [4.69, 9.17) is 5.11 Å². The number of nitrogens with zero attached hydrogens (tertiary/aromatic N) is 4. The standard InChI is InChI=1S/C14H20N4O2/c19-10-9-16-5-7-17(8-6-16)14-12(11-20)18-4-2-1-3-13(18)15-14/h1-4,19-20H,5-11H2. The van der Waals surface area contributed by atoms with Crippen LogP contribution in [0.5, 0.6) is 0 Å². The van der Waals surface area contributed by atoms with Crippen LogP contribution in [-0.2, 0) is 6.61 Å². The number of fused-ring (bicyclic) bond motifs is 1. The van der Waals surface area contributed by atoms with E-state index in [-0.39, 0.29) is 13.2 Å². The third-order valence-electron chi connectivity index (χ3n) is 3.85. The number of hydrogen-bond acceptors (Lipinski definition) is 5. The highest BCUT2D eigenvalue weighted by atomic mass is 16.3. The predicted octanol–water partition coefficient (Wildman–Crippen LogP) is -0.0591. The fourth-order valence-electron chi connectivity index (χ4n) is 2.76. The highest BCUT2D eigenvalue weighted by Crippen LogP contribution is 2.22. The number of pyridine rings is 1. The number of imidazole rings is 1. The minimum absolute atomic E-state index is 0.0165. The molecule has 108 valence electrons. The van der Waals surface area contributed by atoms with Gasteiger partial charge in [0.05, 0.1) is 18.9 Å². The summed E-state index contributed by atoms with van der Waals surface area (Å²) in [7, 11) is 0. The SMILES string of the molecule is OCCN1CCN(c2nc3ccccn3c2CO)CC1. The van der Waals surface area contributed by atoms with Crippen molar-refractivity contribution >= 4 is 11.5 Å². The first-order valence-electron chi connectivity index (χ1n) is 6.98. The Morgan fingerprint density at radius 1 is 1.10 bits per heavy atom. The van der Waals surface area contributed by atoms with Crippen LogP contribution in [0.1, 0.15) is 5.69 Å². The number of aliphatic hydroxyl groups excluding tert-OH is 2. The van der Waals surface area contributed by atoms with E-state index in [1.165, 1.54) is 0 Å². The average molecular weight is 276 g/mol. The molecule has 2 N–H and O–H groups in total. The fraction of sp³-hybridized carbons (Fsp3) is 0.500. The summed E-state index contributed by atoms with van der Waals surface area (Å²) in [5.74, 6) is 0.877. The van der Waals surface area contributed by atoms with Crippen molar-refractivity contribution in [3.8, 4) is 0 Å². The number of aromatic nitrogens is 2. The van der Waals surface area contributed by atoms with Crippen molar-refractivity contribution in [2.45, 2.75) is 6.61 Å². The minimum atomic E-state index is -0.0165. The van der Waals surface area contributed by atoms with E-state index >= 15 is 0 Å². The van der Waals surface area contributed by atoms with E-state index < -0.39 is 0 Å². The maximum absolute atomic E-state index is 9.64. The van der Waals surface area contributed by atoms with Gasteiger partial charge < -0.3 is 15.1 Å². The highest BCUT2D eigenvalue weighted by molar-refractivity contribution is 5.56. The van der Waals surface area contributed by atoms with Crippen LogP contribution in [0.3, 0.4) is 0 Å². The lowest BCUT2D eigenvalue weighted by molar-refractivity contribution is 0.188. The van der Waals surface area contributed by atoms with Gasteiger partial charge in [0.1, 0.15) is 5.65 Å². The highest BCUT2D eigenvalue weighted by Gasteiger charge is 2.22. The Morgan fingerprint density at radius 3 is 2.60 bits per heavy atom. The van der Waals surface area contributed by atoms with E-state index in [0.29, 0.717) is 0 Å². The molecule has 0 radical (unpaired) electrons. The molecule has 3 heterocycles. The zero-order valence-corrected chi connectivity index (χ0v) is 11.4. The molecule has 0 amide bonds. The lowest BCUT2D eigenvalue weighted by Crippen LogP contribution is -2.47. The Kier molecular flexibility index (Phi) is 3.86. The zero-order valence-electron chi connectivity index (χ0n) is 11.4. The summed E-state index contributed by atoms with van der Waals surface area (Å²) in [6, 6.07) is 5.84. The monoisotopic (exact) mass is 276 g/mol. The van der Waals surface area contributed by atoms with Gasteiger partial charge in [0, 0.05) is 38.9 Å². The number of anilines is 1. The smallest absolute Gasteiger partial charge is 0.153 e. The van der Waals surface area contributed by atoms with Crippen molar-refractivity contribution in [1.82, 2.24) is 14.3 Å². The van der Waals surface area contributed by atoms with Crippen molar-refractivity contribution in [2.75, 3.05) is 44.2 Å². The van der Waals surface area contributed by atoms with Gasteiger partial charge in [0.25, 0.3) is 0 Å². The van der Waals surface area contributed by atoms with Gasteiger partial charge >= 0.3 is 0 Å². The summed E-state index contributed by atoms with van der Waals surface area (Å²) in [4.78, 5) is 9.09. The summed E-state index contributed by atoms with van der Waals surface area (Å²) in [6.07, 6.45) is 1.93. The summed E-state index contributed by atoms with van der Waals surface area (Å²) in [5.41, 5.74) is 1.71. The third-order valence-corrected chi connectivity index (χ3v) is 3.85. The predicted molar refractivity (Wildman–Crippen MR) is 76.9 cm³/mol. The number of aliphatic hydroxyl groups is 2. The molecule has 2 aromatic rings. The lowest BCUT2D eigenvalue weighted by Gasteiger charge is -2.34. The van der Waals surface area contributed by atoms with Gasteiger partial charge in [-0.25, -0.2) is 4.98 Å². The lowest BCUT2D eigenvalue weighted by atomic mass is 10.3. The van der Waals surface area contributed by atoms with E-state index in [2.05, 4.69) is 14.8 Å². The zero-order chi connectivity index (χ0) is 13.9. The molecule has 6 heteroatoms. The van der Waals surface area contributed by atoms with Gasteiger partial charge in [-0.2, -0.15) is 0 Å². The Balaban J connectivity index is 1.84. The van der Waals surface area contributed by atoms with Crippen molar-refractivity contribution in [3.63, 3.8) is 0 Å². The van der Waals surface area contributed by atoms with E-state index in [1.807, 2.05) is 28.8 Å². The maximum atomic E-state index is 9.64. The molecule has 20 heavy (non-hydrogen) atoms. The van der Waals surface area contributed by atoms with Crippen LogP contribution in [0.15, 0.2) is 24.4 Å². The van der Waals surface area contributed by atoms with E-state index in [0.717, 1.165) is 49.9 Å². The molecule has 1 saturated heterocycles. The van der Waals surface area contributed by atoms with Gasteiger partial charge in [0.2, 0.25) is 0 Å². The largest absolute Gasteiger partial charge is 0.395 e. The van der Waals surface area contributed by atoms with Gasteiger partial charge in [-0.15, -0.1) is 0 Å². The van der Waals surface area contributed by atoms with Gasteiger partial charge in [-0.05, 0) is 12.1 Å². The quantitative estimate of drug-likeness (QED) is 0.819. The molecular formula is C14H20N4O2. The van der Waals surface area contributed by atoms with Crippen molar-refractivity contribution < 1.29 is 10.2 Å². The molecule has 0 aromatic carbocycles. The summed E-state index contributed by atoms with van der Waals surface area (Å²) in [5, 5.41) is 18.6. The Hall–Kier alpha value is -1.63. The minimum Gasteiger partial charge on any atom is -0.395 e. The van der Waals surface area contributed by atoms with Crippen molar-refractivity contribution in [2.24, 2.45) is 0 Å². The Bertz CT molecular complexity index is 576. The molecule has 0 atom stereocenters. The average Bonchev–Trinajstić information content (AvgIpc) is 2.87. The van der Waals surface area contributed by atoms with Gasteiger partial charge in [-0.3, -0.25) is 9.30 Å². The normalized spacial score (nSPS) is 17.0. The molecule has 3 rings (SSSR count). The van der Waals surface area contributed by atoms with Crippen molar-refractivity contribution in [1.29, 1.82) is 0 Å². The Morgan fingerprint density at radius 2 is 1.90 bits per heavy atom. The molecule has 0 spiro atoms. The van der Waals surface area contributed by atoms with Crippen LogP contribution in [-0.4, -0.2) is 63.8 Å². The van der Waals surface area contributed by atoms with Crippen LogP contribution >= 0.6 is 0 Å². The van der Waals surface area contributed by atoms with Crippen LogP contribution in [0, 0.1) is 0 Å². The second-order valence-electron chi connectivity index (χ2n) is 5.02. The molecule has 0 saturated carbocycles. The van der Waals surface area contributed by atoms with Crippen molar-refractivity contribution in [3.05, 3.63) is 30.1 Å². The first-order chi connectivity index (χ1) is 9.83. The Labute approximate surface area is 117 Å². The molecular weight excluding hydrogens is 256 g/mol. The maximum Gasteiger partial charge on any atom is 0.153 e. The number of rotatable bonds is 4. The van der Waals surface area contributed by atoms with E-state index in [9.17, 15) is 5.11 Å². The summed E-state index contributed by atoms with van der Waals surface area (Å²) < 4.78 is 1.94. The summed E-state index contributed by atoms with van der Waals surface area (Å²) >= 11 is 0. The van der Waals surface area contributed by atoms with Gasteiger partial charge in [0.15, 0.2) is 5.82 Å². The van der Waals surface area contributed by atoms with Crippen LogP contribution < -0.4 is 4.90 Å². The number of piperazine rings is 1. The molecule has 0 unspecified atom stereocenters. The molecule has 1 aliphatic rings. The molecule has 0 aliphatic carbocycles. The van der Waals surface area contributed by atoms with E-state index in [1.54, 1.807) is 0 Å². The second-order valence-corrected chi connectivity index (χ2v) is 5.02. The number of β-amino-alcohol motifs (C(OH)–C–C–N with tert-alkyl or cyclic N) is 1. The molecule has 6 nitrogen and oxygen atoms in total. The van der Waals surface area contributed by atoms with Crippen LogP contribution in [0.25, 0.3) is 5.65 Å². The number of hydrogen-bond donors (Lipinski definition) is 2. The third kappa shape index (κ3) is 2.37. The second kappa shape index (κ2) is 5.78. The molecule has 1 fully saturated rings. The van der Waals surface area contributed by atoms with Crippen LogP contribution in [0.2, 0.25) is 0 Å². The van der Waals surface area contributed by atoms with Gasteiger partial charge in [-0.1, -0.05) is 6.07 Å².